The molecule has 0 aromatic carbocycles. The standard InChI is InChI=1S/C14H29N3O2S/c1-4-13-11-17(14(5-2)9-15-13)20(18,19)16-8-6-7-12(3)10-16/h12-15H,4-11H2,1-3H3. The highest BCUT2D eigenvalue weighted by molar-refractivity contribution is 7.86. The molecule has 0 aliphatic carbocycles. The maximum Gasteiger partial charge on any atom is 0.282 e. The molecule has 0 bridgehead atoms. The Morgan fingerprint density at radius 1 is 1.20 bits per heavy atom. The van der Waals surface area contributed by atoms with E-state index < -0.39 is 10.2 Å². The highest BCUT2D eigenvalue weighted by Crippen LogP contribution is 2.24. The van der Waals surface area contributed by atoms with Crippen LogP contribution in [0.3, 0.4) is 0 Å². The lowest BCUT2D eigenvalue weighted by Crippen LogP contribution is -2.61. The molecular weight excluding hydrogens is 274 g/mol. The van der Waals surface area contributed by atoms with Gasteiger partial charge in [-0.15, -0.1) is 0 Å². The second kappa shape index (κ2) is 6.73. The molecule has 0 saturated carbocycles. The largest absolute Gasteiger partial charge is 0.311 e. The van der Waals surface area contributed by atoms with Gasteiger partial charge in [-0.2, -0.15) is 17.0 Å². The van der Waals surface area contributed by atoms with Crippen LogP contribution in [0.2, 0.25) is 0 Å². The van der Waals surface area contributed by atoms with Crippen LogP contribution in [0.5, 0.6) is 0 Å². The molecule has 2 aliphatic rings. The summed E-state index contributed by atoms with van der Waals surface area (Å²) in [4.78, 5) is 0. The zero-order valence-corrected chi connectivity index (χ0v) is 13.8. The molecule has 3 atom stereocenters. The quantitative estimate of drug-likeness (QED) is 0.855. The second-order valence-corrected chi connectivity index (χ2v) is 8.14. The molecule has 2 aliphatic heterocycles. The van der Waals surface area contributed by atoms with Crippen LogP contribution in [0.15, 0.2) is 0 Å². The summed E-state index contributed by atoms with van der Waals surface area (Å²) in [6, 6.07) is 0.384. The van der Waals surface area contributed by atoms with E-state index in [1.807, 2.05) is 0 Å². The summed E-state index contributed by atoms with van der Waals surface area (Å²) in [6.45, 7) is 9.08. The molecule has 2 rings (SSSR count). The van der Waals surface area contributed by atoms with Crippen molar-refractivity contribution >= 4 is 10.2 Å². The van der Waals surface area contributed by atoms with Gasteiger partial charge in [-0.25, -0.2) is 0 Å². The molecule has 118 valence electrons. The molecule has 0 aromatic rings. The monoisotopic (exact) mass is 303 g/mol. The van der Waals surface area contributed by atoms with Crippen molar-refractivity contribution in [3.63, 3.8) is 0 Å². The summed E-state index contributed by atoms with van der Waals surface area (Å²) >= 11 is 0. The Morgan fingerprint density at radius 3 is 2.55 bits per heavy atom. The molecule has 5 nitrogen and oxygen atoms in total. The minimum atomic E-state index is -3.30. The number of nitrogens with one attached hydrogen (secondary N) is 1. The minimum Gasteiger partial charge on any atom is -0.311 e. The molecular formula is C14H29N3O2S. The lowest BCUT2D eigenvalue weighted by Gasteiger charge is -2.42. The first-order valence-corrected chi connectivity index (χ1v) is 9.39. The molecule has 1 N–H and O–H groups in total. The van der Waals surface area contributed by atoms with Crippen molar-refractivity contribution < 1.29 is 8.42 Å². The van der Waals surface area contributed by atoms with Gasteiger partial charge in [-0.1, -0.05) is 20.8 Å². The number of hydrogen-bond donors (Lipinski definition) is 1. The van der Waals surface area contributed by atoms with Crippen LogP contribution in [-0.4, -0.2) is 55.3 Å². The number of rotatable bonds is 4. The van der Waals surface area contributed by atoms with Crippen molar-refractivity contribution in [2.24, 2.45) is 5.92 Å². The molecule has 3 unspecified atom stereocenters. The summed E-state index contributed by atoms with van der Waals surface area (Å²) in [5, 5.41) is 3.46. The van der Waals surface area contributed by atoms with Crippen molar-refractivity contribution in [2.75, 3.05) is 26.2 Å². The normalized spacial score (nSPS) is 34.2. The lowest BCUT2D eigenvalue weighted by molar-refractivity contribution is 0.188. The molecule has 2 fully saturated rings. The van der Waals surface area contributed by atoms with Crippen molar-refractivity contribution in [1.82, 2.24) is 13.9 Å². The van der Waals surface area contributed by atoms with Gasteiger partial charge in [-0.3, -0.25) is 0 Å². The van der Waals surface area contributed by atoms with Crippen LogP contribution in [0.4, 0.5) is 0 Å². The highest BCUT2D eigenvalue weighted by atomic mass is 32.2. The number of hydrogen-bond acceptors (Lipinski definition) is 3. The minimum absolute atomic E-state index is 0.0973. The average Bonchev–Trinajstić information content (AvgIpc) is 2.46. The van der Waals surface area contributed by atoms with Gasteiger partial charge in [-0.05, 0) is 31.6 Å². The molecule has 0 aromatic heterocycles. The van der Waals surface area contributed by atoms with E-state index in [1.54, 1.807) is 8.61 Å². The van der Waals surface area contributed by atoms with Crippen LogP contribution in [0.1, 0.15) is 46.5 Å². The Kier molecular flexibility index (Phi) is 5.45. The van der Waals surface area contributed by atoms with E-state index in [9.17, 15) is 8.42 Å². The van der Waals surface area contributed by atoms with Crippen molar-refractivity contribution in [3.8, 4) is 0 Å². The number of piperidine rings is 1. The SMILES string of the molecule is CCC1CN(S(=O)(=O)N2CCCC(C)C2)C(CC)CN1. The van der Waals surface area contributed by atoms with E-state index in [0.717, 1.165) is 32.2 Å². The first-order chi connectivity index (χ1) is 9.48. The predicted molar refractivity (Wildman–Crippen MR) is 81.8 cm³/mol. The topological polar surface area (TPSA) is 52.7 Å². The van der Waals surface area contributed by atoms with Gasteiger partial charge in [0, 0.05) is 38.3 Å². The van der Waals surface area contributed by atoms with Gasteiger partial charge in [0.25, 0.3) is 10.2 Å². The predicted octanol–water partition coefficient (Wildman–Crippen LogP) is 1.43. The second-order valence-electron chi connectivity index (χ2n) is 6.26. The smallest absolute Gasteiger partial charge is 0.282 e. The van der Waals surface area contributed by atoms with Crippen LogP contribution < -0.4 is 5.32 Å². The maximum absolute atomic E-state index is 12.9. The van der Waals surface area contributed by atoms with Gasteiger partial charge < -0.3 is 5.32 Å². The summed E-state index contributed by atoms with van der Waals surface area (Å²) in [6.07, 6.45) is 3.97. The fraction of sp³-hybridized carbons (Fsp3) is 1.00. The Balaban J connectivity index is 2.16. The van der Waals surface area contributed by atoms with E-state index in [4.69, 9.17) is 0 Å². The molecule has 6 heteroatoms. The number of nitrogens with zero attached hydrogens (tertiary/aromatic N) is 2. The highest BCUT2D eigenvalue weighted by Gasteiger charge is 2.39. The third kappa shape index (κ3) is 3.35. The van der Waals surface area contributed by atoms with E-state index >= 15 is 0 Å². The fourth-order valence-corrected chi connectivity index (χ4v) is 5.31. The lowest BCUT2D eigenvalue weighted by atomic mass is 10.0. The van der Waals surface area contributed by atoms with Crippen LogP contribution >= 0.6 is 0 Å². The zero-order chi connectivity index (χ0) is 14.8. The summed E-state index contributed by atoms with van der Waals surface area (Å²) in [5.74, 6) is 0.475. The Hall–Kier alpha value is -0.170. The molecule has 0 radical (unpaired) electrons. The fourth-order valence-electron chi connectivity index (χ4n) is 3.24. The van der Waals surface area contributed by atoms with E-state index in [0.29, 0.717) is 25.6 Å². The Labute approximate surface area is 123 Å². The zero-order valence-electron chi connectivity index (χ0n) is 13.0. The van der Waals surface area contributed by atoms with E-state index in [2.05, 4.69) is 26.1 Å². The third-order valence-electron chi connectivity index (χ3n) is 4.66. The third-order valence-corrected chi connectivity index (χ3v) is 6.68. The van der Waals surface area contributed by atoms with Gasteiger partial charge in [0.05, 0.1) is 0 Å². The van der Waals surface area contributed by atoms with E-state index in [-0.39, 0.29) is 12.1 Å². The Morgan fingerprint density at radius 2 is 1.95 bits per heavy atom. The van der Waals surface area contributed by atoms with Crippen molar-refractivity contribution in [3.05, 3.63) is 0 Å². The van der Waals surface area contributed by atoms with Crippen LogP contribution in [-0.2, 0) is 10.2 Å². The van der Waals surface area contributed by atoms with Crippen LogP contribution in [0.25, 0.3) is 0 Å². The molecule has 20 heavy (non-hydrogen) atoms. The molecule has 2 heterocycles. The first kappa shape index (κ1) is 16.2. The summed E-state index contributed by atoms with van der Waals surface area (Å²) in [7, 11) is -3.30. The van der Waals surface area contributed by atoms with Gasteiger partial charge in [0.15, 0.2) is 0 Å². The van der Waals surface area contributed by atoms with E-state index in [1.165, 1.54) is 0 Å². The van der Waals surface area contributed by atoms with Crippen molar-refractivity contribution in [2.45, 2.75) is 58.5 Å². The van der Waals surface area contributed by atoms with Gasteiger partial charge >= 0.3 is 0 Å². The van der Waals surface area contributed by atoms with Crippen molar-refractivity contribution in [1.29, 1.82) is 0 Å². The number of piperazine rings is 1. The molecule has 2 saturated heterocycles. The average molecular weight is 303 g/mol. The maximum atomic E-state index is 12.9. The van der Waals surface area contributed by atoms with Crippen LogP contribution in [0, 0.1) is 5.92 Å². The molecule has 0 amide bonds. The molecule has 0 spiro atoms. The first-order valence-electron chi connectivity index (χ1n) is 7.99. The van der Waals surface area contributed by atoms with Gasteiger partial charge in [0.2, 0.25) is 0 Å². The Bertz CT molecular complexity index is 413. The summed E-state index contributed by atoms with van der Waals surface area (Å²) < 4.78 is 29.4. The van der Waals surface area contributed by atoms with Gasteiger partial charge in [0.1, 0.15) is 0 Å². The summed E-state index contributed by atoms with van der Waals surface area (Å²) in [5.41, 5.74) is 0.